The van der Waals surface area contributed by atoms with Crippen LogP contribution in [0.3, 0.4) is 0 Å². The number of benzene rings is 2. The van der Waals surface area contributed by atoms with E-state index in [-0.39, 0.29) is 30.2 Å². The van der Waals surface area contributed by atoms with Crippen molar-refractivity contribution in [2.45, 2.75) is 32.7 Å². The summed E-state index contributed by atoms with van der Waals surface area (Å²) in [4.78, 5) is 12.2. The largest absolute Gasteiger partial charge is 0.354 e. The van der Waals surface area contributed by atoms with E-state index in [2.05, 4.69) is 43.5 Å². The van der Waals surface area contributed by atoms with Crippen LogP contribution in [0.15, 0.2) is 54.6 Å². The molecule has 0 saturated carbocycles. The van der Waals surface area contributed by atoms with Gasteiger partial charge in [-0.2, -0.15) is 0 Å². The Kier molecular flexibility index (Phi) is 7.14. The first-order valence-electron chi connectivity index (χ1n) is 8.78. The van der Waals surface area contributed by atoms with Crippen LogP contribution in [0.4, 0.5) is 4.39 Å². The van der Waals surface area contributed by atoms with E-state index >= 15 is 0 Å². The zero-order chi connectivity index (χ0) is 18.2. The van der Waals surface area contributed by atoms with Crippen molar-refractivity contribution >= 4 is 5.91 Å². The van der Waals surface area contributed by atoms with Gasteiger partial charge in [0.1, 0.15) is 5.82 Å². The van der Waals surface area contributed by atoms with Crippen LogP contribution in [0.1, 0.15) is 43.9 Å². The zero-order valence-corrected chi connectivity index (χ0v) is 15.1. The number of halogens is 1. The molecule has 2 rings (SSSR count). The smallest absolute Gasteiger partial charge is 0.233 e. The van der Waals surface area contributed by atoms with E-state index in [9.17, 15) is 9.18 Å². The van der Waals surface area contributed by atoms with E-state index in [0.29, 0.717) is 12.5 Å². The highest BCUT2D eigenvalue weighted by atomic mass is 19.1. The van der Waals surface area contributed by atoms with E-state index in [0.717, 1.165) is 5.56 Å². The lowest BCUT2D eigenvalue weighted by atomic mass is 9.96. The number of amides is 1. The molecule has 0 aliphatic heterocycles. The van der Waals surface area contributed by atoms with Crippen LogP contribution in [-0.4, -0.2) is 19.0 Å². The van der Waals surface area contributed by atoms with E-state index in [1.807, 2.05) is 18.2 Å². The molecule has 1 amide bonds. The van der Waals surface area contributed by atoms with Crippen molar-refractivity contribution < 1.29 is 9.18 Å². The fourth-order valence-electron chi connectivity index (χ4n) is 2.84. The third-order valence-electron chi connectivity index (χ3n) is 4.35. The Morgan fingerprint density at radius 1 is 0.960 bits per heavy atom. The first-order valence-corrected chi connectivity index (χ1v) is 8.78. The minimum atomic E-state index is -0.251. The minimum absolute atomic E-state index is 0.0119. The molecular weight excluding hydrogens is 315 g/mol. The molecule has 2 aromatic rings. The summed E-state index contributed by atoms with van der Waals surface area (Å²) in [5.74, 6) is 0.277. The molecule has 0 saturated heterocycles. The molecule has 134 valence electrons. The molecule has 2 aromatic carbocycles. The van der Waals surface area contributed by atoms with Gasteiger partial charge in [-0.3, -0.25) is 4.79 Å². The Hall–Kier alpha value is -2.20. The molecule has 0 radical (unpaired) electrons. The normalized spacial score (nSPS) is 13.5. The second-order valence-corrected chi connectivity index (χ2v) is 6.77. The second-order valence-electron chi connectivity index (χ2n) is 6.77. The predicted octanol–water partition coefficient (Wildman–Crippen LogP) is 4.03. The molecule has 2 unspecified atom stereocenters. The van der Waals surface area contributed by atoms with Gasteiger partial charge < -0.3 is 10.6 Å². The highest BCUT2D eigenvalue weighted by Crippen LogP contribution is 2.21. The van der Waals surface area contributed by atoms with Gasteiger partial charge in [-0.25, -0.2) is 4.39 Å². The van der Waals surface area contributed by atoms with Crippen LogP contribution in [0.25, 0.3) is 0 Å². The van der Waals surface area contributed by atoms with Crippen LogP contribution in [0, 0.1) is 11.7 Å². The van der Waals surface area contributed by atoms with Crippen molar-refractivity contribution in [1.29, 1.82) is 0 Å². The van der Waals surface area contributed by atoms with Crippen molar-refractivity contribution in [2.24, 2.45) is 5.92 Å². The molecule has 3 nitrogen and oxygen atoms in total. The fourth-order valence-corrected chi connectivity index (χ4v) is 2.84. The van der Waals surface area contributed by atoms with Crippen molar-refractivity contribution in [3.8, 4) is 0 Å². The average molecular weight is 342 g/mol. The molecule has 0 aliphatic rings. The van der Waals surface area contributed by atoms with E-state index in [1.54, 1.807) is 12.1 Å². The van der Waals surface area contributed by atoms with Crippen molar-refractivity contribution in [3.63, 3.8) is 0 Å². The van der Waals surface area contributed by atoms with Gasteiger partial charge in [-0.05, 0) is 35.1 Å². The van der Waals surface area contributed by atoms with E-state index in [4.69, 9.17) is 0 Å². The summed E-state index contributed by atoms with van der Waals surface area (Å²) in [6, 6.07) is 16.6. The quantitative estimate of drug-likeness (QED) is 0.760. The Morgan fingerprint density at radius 2 is 1.60 bits per heavy atom. The molecule has 2 atom stereocenters. The first kappa shape index (κ1) is 19.1. The SMILES string of the molecule is CC(CNC(=O)CNC(c1ccc(F)cc1)C(C)C)c1ccccc1. The third-order valence-corrected chi connectivity index (χ3v) is 4.35. The molecule has 0 heterocycles. The highest BCUT2D eigenvalue weighted by molar-refractivity contribution is 5.78. The van der Waals surface area contributed by atoms with Gasteiger partial charge in [0.05, 0.1) is 6.54 Å². The van der Waals surface area contributed by atoms with Crippen molar-refractivity contribution in [3.05, 3.63) is 71.5 Å². The molecule has 2 N–H and O–H groups in total. The molecule has 0 aliphatic carbocycles. The lowest BCUT2D eigenvalue weighted by Crippen LogP contribution is -2.38. The Morgan fingerprint density at radius 3 is 2.20 bits per heavy atom. The molecule has 0 fully saturated rings. The average Bonchev–Trinajstić information content (AvgIpc) is 2.61. The van der Waals surface area contributed by atoms with Gasteiger partial charge in [-0.1, -0.05) is 63.2 Å². The summed E-state index contributed by atoms with van der Waals surface area (Å²) < 4.78 is 13.1. The van der Waals surface area contributed by atoms with Gasteiger partial charge in [0.15, 0.2) is 0 Å². The Balaban J connectivity index is 1.84. The molecule has 4 heteroatoms. The lowest BCUT2D eigenvalue weighted by Gasteiger charge is -2.23. The lowest BCUT2D eigenvalue weighted by molar-refractivity contribution is -0.120. The van der Waals surface area contributed by atoms with Gasteiger partial charge in [-0.15, -0.1) is 0 Å². The van der Waals surface area contributed by atoms with Crippen LogP contribution in [0.2, 0.25) is 0 Å². The molecular formula is C21H27FN2O. The van der Waals surface area contributed by atoms with Gasteiger partial charge >= 0.3 is 0 Å². The summed E-state index contributed by atoms with van der Waals surface area (Å²) in [6.07, 6.45) is 0. The maximum absolute atomic E-state index is 13.1. The first-order chi connectivity index (χ1) is 12.0. The van der Waals surface area contributed by atoms with E-state index in [1.165, 1.54) is 17.7 Å². The maximum atomic E-state index is 13.1. The Labute approximate surface area is 149 Å². The Bertz CT molecular complexity index is 655. The third kappa shape index (κ3) is 5.98. The van der Waals surface area contributed by atoms with Crippen LogP contribution in [-0.2, 0) is 4.79 Å². The number of nitrogens with one attached hydrogen (secondary N) is 2. The predicted molar refractivity (Wildman–Crippen MR) is 99.8 cm³/mol. The van der Waals surface area contributed by atoms with Gasteiger partial charge in [0.25, 0.3) is 0 Å². The summed E-state index contributed by atoms with van der Waals surface area (Å²) >= 11 is 0. The molecule has 0 bridgehead atoms. The van der Waals surface area contributed by atoms with Crippen LogP contribution < -0.4 is 10.6 Å². The summed E-state index contributed by atoms with van der Waals surface area (Å²) in [7, 11) is 0. The van der Waals surface area contributed by atoms with Crippen molar-refractivity contribution in [2.75, 3.05) is 13.1 Å². The molecule has 0 spiro atoms. The number of hydrogen-bond acceptors (Lipinski definition) is 2. The standard InChI is InChI=1S/C21H27FN2O/c1-15(2)21(18-9-11-19(22)12-10-18)24-14-20(25)23-13-16(3)17-7-5-4-6-8-17/h4-12,15-16,21,24H,13-14H2,1-3H3,(H,23,25). The summed E-state index contributed by atoms with van der Waals surface area (Å²) in [5.41, 5.74) is 2.20. The number of hydrogen-bond donors (Lipinski definition) is 2. The monoisotopic (exact) mass is 342 g/mol. The van der Waals surface area contributed by atoms with E-state index < -0.39 is 0 Å². The van der Waals surface area contributed by atoms with Gasteiger partial charge in [0, 0.05) is 12.6 Å². The fraction of sp³-hybridized carbons (Fsp3) is 0.381. The van der Waals surface area contributed by atoms with Crippen LogP contribution in [0.5, 0.6) is 0 Å². The van der Waals surface area contributed by atoms with Gasteiger partial charge in [0.2, 0.25) is 5.91 Å². The zero-order valence-electron chi connectivity index (χ0n) is 15.1. The highest BCUT2D eigenvalue weighted by Gasteiger charge is 2.17. The van der Waals surface area contributed by atoms with Crippen LogP contribution >= 0.6 is 0 Å². The number of carbonyl (C=O) groups excluding carboxylic acids is 1. The maximum Gasteiger partial charge on any atom is 0.233 e. The molecule has 0 aromatic heterocycles. The second kappa shape index (κ2) is 9.33. The summed E-state index contributed by atoms with van der Waals surface area (Å²) in [6.45, 7) is 7.10. The topological polar surface area (TPSA) is 41.1 Å². The molecule has 25 heavy (non-hydrogen) atoms. The summed E-state index contributed by atoms with van der Waals surface area (Å²) in [5, 5.41) is 6.26. The number of rotatable bonds is 8. The number of carbonyl (C=O) groups is 1. The van der Waals surface area contributed by atoms with Crippen molar-refractivity contribution in [1.82, 2.24) is 10.6 Å². The minimum Gasteiger partial charge on any atom is -0.354 e.